The summed E-state index contributed by atoms with van der Waals surface area (Å²) < 4.78 is 13.0. The lowest BCUT2D eigenvalue weighted by Crippen LogP contribution is -2.45. The van der Waals surface area contributed by atoms with E-state index in [4.69, 9.17) is 9.47 Å². The van der Waals surface area contributed by atoms with Crippen LogP contribution >= 0.6 is 0 Å². The number of nitrogens with zero attached hydrogens (tertiary/aromatic N) is 2. The minimum absolute atomic E-state index is 0.101. The average Bonchev–Trinajstić information content (AvgIpc) is 3.06. The van der Waals surface area contributed by atoms with E-state index in [-0.39, 0.29) is 24.5 Å². The van der Waals surface area contributed by atoms with E-state index in [1.54, 1.807) is 24.7 Å². The number of ether oxygens (including phenoxy) is 2. The third-order valence-electron chi connectivity index (χ3n) is 3.56. The lowest BCUT2D eigenvalue weighted by atomic mass is 10.0. The number of amides is 1. The SMILES string of the molecule is CCn1cc(O[C@@H]2COC[C@@H]2NC(=O)CCC(C)(C)O)cn1. The molecule has 1 aliphatic rings. The van der Waals surface area contributed by atoms with Crippen LogP contribution in [0.3, 0.4) is 0 Å². The van der Waals surface area contributed by atoms with Crippen LogP contribution < -0.4 is 10.1 Å². The van der Waals surface area contributed by atoms with Crippen molar-refractivity contribution in [3.8, 4) is 5.75 Å². The number of aromatic nitrogens is 2. The van der Waals surface area contributed by atoms with Gasteiger partial charge in [-0.25, -0.2) is 0 Å². The topological polar surface area (TPSA) is 85.6 Å². The van der Waals surface area contributed by atoms with Gasteiger partial charge in [0.2, 0.25) is 5.91 Å². The predicted octanol–water partition coefficient (Wildman–Crippen LogP) is 0.716. The number of nitrogens with one attached hydrogen (secondary N) is 1. The van der Waals surface area contributed by atoms with Crippen LogP contribution in [0, 0.1) is 0 Å². The summed E-state index contributed by atoms with van der Waals surface area (Å²) in [6.45, 7) is 7.03. The Morgan fingerprint density at radius 1 is 1.59 bits per heavy atom. The maximum atomic E-state index is 11.9. The van der Waals surface area contributed by atoms with Crippen LogP contribution in [0.15, 0.2) is 12.4 Å². The minimum Gasteiger partial charge on any atom is -0.482 e. The number of rotatable bonds is 7. The minimum atomic E-state index is -0.839. The first kappa shape index (κ1) is 16.8. The van der Waals surface area contributed by atoms with Crippen molar-refractivity contribution in [1.82, 2.24) is 15.1 Å². The van der Waals surface area contributed by atoms with Crippen molar-refractivity contribution < 1.29 is 19.4 Å². The molecule has 1 fully saturated rings. The van der Waals surface area contributed by atoms with E-state index in [0.29, 0.717) is 25.4 Å². The highest BCUT2D eigenvalue weighted by Crippen LogP contribution is 2.17. The summed E-state index contributed by atoms with van der Waals surface area (Å²) in [5.41, 5.74) is -0.839. The van der Waals surface area contributed by atoms with E-state index in [0.717, 1.165) is 6.54 Å². The van der Waals surface area contributed by atoms with Crippen molar-refractivity contribution in [2.75, 3.05) is 13.2 Å². The second-order valence-corrected chi connectivity index (χ2v) is 6.21. The summed E-state index contributed by atoms with van der Waals surface area (Å²) in [6.07, 6.45) is 3.96. The second-order valence-electron chi connectivity index (χ2n) is 6.21. The van der Waals surface area contributed by atoms with Crippen LogP contribution in [0.5, 0.6) is 5.75 Å². The maximum Gasteiger partial charge on any atom is 0.220 e. The van der Waals surface area contributed by atoms with Crippen LogP contribution in [0.1, 0.15) is 33.6 Å². The zero-order chi connectivity index (χ0) is 16.2. The molecule has 2 atom stereocenters. The molecule has 1 saturated heterocycles. The van der Waals surface area contributed by atoms with Gasteiger partial charge in [0.05, 0.1) is 37.3 Å². The Morgan fingerprint density at radius 3 is 3.00 bits per heavy atom. The van der Waals surface area contributed by atoms with Gasteiger partial charge in [0.1, 0.15) is 6.10 Å². The van der Waals surface area contributed by atoms with E-state index < -0.39 is 5.60 Å². The normalized spacial score (nSPS) is 21.8. The Bertz CT molecular complexity index is 495. The molecule has 2 rings (SSSR count). The van der Waals surface area contributed by atoms with Crippen molar-refractivity contribution >= 4 is 5.91 Å². The highest BCUT2D eigenvalue weighted by atomic mass is 16.5. The molecule has 1 aliphatic heterocycles. The first-order valence-electron chi connectivity index (χ1n) is 7.66. The molecule has 0 aromatic carbocycles. The molecule has 1 aromatic heterocycles. The highest BCUT2D eigenvalue weighted by molar-refractivity contribution is 5.76. The molecule has 0 radical (unpaired) electrons. The molecule has 0 aliphatic carbocycles. The summed E-state index contributed by atoms with van der Waals surface area (Å²) in [6, 6.07) is -0.181. The fourth-order valence-corrected chi connectivity index (χ4v) is 2.24. The smallest absolute Gasteiger partial charge is 0.220 e. The molecule has 1 amide bonds. The van der Waals surface area contributed by atoms with Gasteiger partial charge in [-0.2, -0.15) is 5.10 Å². The number of hydrogen-bond donors (Lipinski definition) is 2. The monoisotopic (exact) mass is 311 g/mol. The zero-order valence-corrected chi connectivity index (χ0v) is 13.4. The van der Waals surface area contributed by atoms with Crippen molar-refractivity contribution in [1.29, 1.82) is 0 Å². The van der Waals surface area contributed by atoms with E-state index >= 15 is 0 Å². The van der Waals surface area contributed by atoms with Gasteiger partial charge < -0.3 is 19.9 Å². The van der Waals surface area contributed by atoms with Crippen molar-refractivity contribution in [3.05, 3.63) is 12.4 Å². The molecule has 0 unspecified atom stereocenters. The van der Waals surface area contributed by atoms with Crippen molar-refractivity contribution in [2.45, 2.75) is 57.9 Å². The van der Waals surface area contributed by atoms with Gasteiger partial charge in [0.15, 0.2) is 5.75 Å². The predicted molar refractivity (Wildman–Crippen MR) is 80.6 cm³/mol. The summed E-state index contributed by atoms with van der Waals surface area (Å²) in [5, 5.41) is 16.7. The first-order valence-corrected chi connectivity index (χ1v) is 7.66. The number of carbonyl (C=O) groups excluding carboxylic acids is 1. The van der Waals surface area contributed by atoms with Crippen LogP contribution in [0.25, 0.3) is 0 Å². The number of hydrogen-bond acceptors (Lipinski definition) is 5. The Hall–Kier alpha value is -1.60. The van der Waals surface area contributed by atoms with Crippen LogP contribution in [-0.4, -0.2) is 51.8 Å². The van der Waals surface area contributed by atoms with Gasteiger partial charge in [0, 0.05) is 13.0 Å². The molecule has 22 heavy (non-hydrogen) atoms. The molecule has 1 aromatic rings. The molecule has 7 heteroatoms. The summed E-state index contributed by atoms with van der Waals surface area (Å²) >= 11 is 0. The Kier molecular flexibility index (Phi) is 5.42. The van der Waals surface area contributed by atoms with Crippen LogP contribution in [-0.2, 0) is 16.1 Å². The third-order valence-corrected chi connectivity index (χ3v) is 3.56. The maximum absolute atomic E-state index is 11.9. The van der Waals surface area contributed by atoms with E-state index in [9.17, 15) is 9.90 Å². The van der Waals surface area contributed by atoms with E-state index in [2.05, 4.69) is 10.4 Å². The van der Waals surface area contributed by atoms with Gasteiger partial charge in [-0.15, -0.1) is 0 Å². The lowest BCUT2D eigenvalue weighted by Gasteiger charge is -2.21. The molecule has 7 nitrogen and oxygen atoms in total. The molecular weight excluding hydrogens is 286 g/mol. The van der Waals surface area contributed by atoms with Gasteiger partial charge in [0.25, 0.3) is 0 Å². The summed E-state index contributed by atoms with van der Waals surface area (Å²) in [5.74, 6) is 0.573. The number of carbonyl (C=O) groups is 1. The van der Waals surface area contributed by atoms with Gasteiger partial charge in [-0.05, 0) is 27.2 Å². The van der Waals surface area contributed by atoms with Gasteiger partial charge in [-0.1, -0.05) is 0 Å². The summed E-state index contributed by atoms with van der Waals surface area (Å²) in [4.78, 5) is 11.9. The Morgan fingerprint density at radius 2 is 2.36 bits per heavy atom. The zero-order valence-electron chi connectivity index (χ0n) is 13.4. The van der Waals surface area contributed by atoms with Crippen LogP contribution in [0.4, 0.5) is 0 Å². The molecule has 124 valence electrons. The lowest BCUT2D eigenvalue weighted by molar-refractivity contribution is -0.123. The molecule has 0 saturated carbocycles. The highest BCUT2D eigenvalue weighted by Gasteiger charge is 2.32. The Balaban J connectivity index is 1.83. The Labute approximate surface area is 130 Å². The standard InChI is InChI=1S/C15H25N3O4/c1-4-18-8-11(7-16-18)22-13-10-21-9-12(13)17-14(19)5-6-15(2,3)20/h7-8,12-13,20H,4-6,9-10H2,1-3H3,(H,17,19)/t12-,13+/m0/s1. The van der Waals surface area contributed by atoms with Crippen molar-refractivity contribution in [3.63, 3.8) is 0 Å². The van der Waals surface area contributed by atoms with Gasteiger partial charge in [-0.3, -0.25) is 9.48 Å². The number of aryl methyl sites for hydroxylation is 1. The fourth-order valence-electron chi connectivity index (χ4n) is 2.24. The number of aliphatic hydroxyl groups is 1. The molecule has 0 bridgehead atoms. The van der Waals surface area contributed by atoms with Crippen LogP contribution in [0.2, 0.25) is 0 Å². The van der Waals surface area contributed by atoms with E-state index in [1.165, 1.54) is 0 Å². The molecule has 2 N–H and O–H groups in total. The average molecular weight is 311 g/mol. The molecular formula is C15H25N3O4. The fraction of sp³-hybridized carbons (Fsp3) is 0.733. The summed E-state index contributed by atoms with van der Waals surface area (Å²) in [7, 11) is 0. The molecule has 0 spiro atoms. The van der Waals surface area contributed by atoms with Gasteiger partial charge >= 0.3 is 0 Å². The largest absolute Gasteiger partial charge is 0.482 e. The molecule has 2 heterocycles. The quantitative estimate of drug-likeness (QED) is 0.775. The third kappa shape index (κ3) is 4.99. The van der Waals surface area contributed by atoms with E-state index in [1.807, 2.05) is 13.1 Å². The van der Waals surface area contributed by atoms with Crippen molar-refractivity contribution in [2.24, 2.45) is 0 Å². The second kappa shape index (κ2) is 7.11. The first-order chi connectivity index (χ1) is 10.4.